The number of likely N-dealkylation sites (N-methyl/N-ethyl adjacent to an activating group) is 1. The second-order valence-electron chi connectivity index (χ2n) is 5.17. The van der Waals surface area contributed by atoms with E-state index in [1.807, 2.05) is 42.3 Å². The first-order chi connectivity index (χ1) is 9.69. The molecule has 3 rings (SSSR count). The summed E-state index contributed by atoms with van der Waals surface area (Å²) in [6.07, 6.45) is 0.873. The van der Waals surface area contributed by atoms with Crippen molar-refractivity contribution in [2.24, 2.45) is 0 Å². The molecule has 0 radical (unpaired) electrons. The third-order valence-electron chi connectivity index (χ3n) is 3.86. The Kier molecular flexibility index (Phi) is 3.14. The van der Waals surface area contributed by atoms with Crippen LogP contribution in [0.25, 0.3) is 10.8 Å². The molecule has 0 spiro atoms. The number of nitrogens with zero attached hydrogens (tertiary/aromatic N) is 2. The van der Waals surface area contributed by atoms with Crippen LogP contribution in [0, 0.1) is 5.41 Å². The zero-order valence-corrected chi connectivity index (χ0v) is 11.5. The Balaban J connectivity index is 2.03. The summed E-state index contributed by atoms with van der Waals surface area (Å²) < 4.78 is 0. The van der Waals surface area contributed by atoms with E-state index < -0.39 is 0 Å². The van der Waals surface area contributed by atoms with Gasteiger partial charge in [-0.2, -0.15) is 0 Å². The van der Waals surface area contributed by atoms with E-state index in [0.717, 1.165) is 35.8 Å². The summed E-state index contributed by atoms with van der Waals surface area (Å²) in [6.45, 7) is 2.40. The molecule has 102 valence electrons. The maximum Gasteiger partial charge on any atom is 0.150 e. The number of carbonyl (C=O) groups is 1. The van der Waals surface area contributed by atoms with Crippen LogP contribution in [0.15, 0.2) is 36.4 Å². The smallest absolute Gasteiger partial charge is 0.150 e. The zero-order chi connectivity index (χ0) is 14.1. The lowest BCUT2D eigenvalue weighted by Gasteiger charge is -2.36. The predicted molar refractivity (Wildman–Crippen MR) is 81.9 cm³/mol. The molecule has 0 unspecified atom stereocenters. The summed E-state index contributed by atoms with van der Waals surface area (Å²) in [7, 11) is 1.96. The van der Waals surface area contributed by atoms with Gasteiger partial charge in [0.2, 0.25) is 0 Å². The van der Waals surface area contributed by atoms with Crippen LogP contribution in [0.3, 0.4) is 0 Å². The molecule has 0 aromatic heterocycles. The van der Waals surface area contributed by atoms with Crippen molar-refractivity contribution in [2.45, 2.75) is 0 Å². The number of aldehydes is 1. The predicted octanol–water partition coefficient (Wildman–Crippen LogP) is 2.38. The molecule has 2 aromatic carbocycles. The quantitative estimate of drug-likeness (QED) is 0.850. The Morgan fingerprint density at radius 2 is 2.05 bits per heavy atom. The number of carbonyl (C=O) groups excluding carboxylic acids is 1. The van der Waals surface area contributed by atoms with Gasteiger partial charge in [-0.05, 0) is 17.5 Å². The van der Waals surface area contributed by atoms with Gasteiger partial charge in [0.15, 0.2) is 0 Å². The number of hydrogen-bond donors (Lipinski definition) is 1. The Labute approximate surface area is 118 Å². The van der Waals surface area contributed by atoms with Crippen LogP contribution < -0.4 is 4.90 Å². The molecule has 4 heteroatoms. The summed E-state index contributed by atoms with van der Waals surface area (Å²) in [4.78, 5) is 15.1. The van der Waals surface area contributed by atoms with Crippen molar-refractivity contribution in [2.75, 3.05) is 31.6 Å². The number of nitrogens with one attached hydrogen (secondary N) is 1. The van der Waals surface area contributed by atoms with Crippen LogP contribution in [-0.2, 0) is 0 Å². The molecule has 4 nitrogen and oxygen atoms in total. The number of fused-ring (bicyclic) bond motifs is 1. The minimum absolute atomic E-state index is 0.630. The van der Waals surface area contributed by atoms with Gasteiger partial charge in [0, 0.05) is 36.8 Å². The normalized spacial score (nSPS) is 15.8. The minimum atomic E-state index is 0.630. The van der Waals surface area contributed by atoms with Gasteiger partial charge in [0.1, 0.15) is 12.1 Å². The summed E-state index contributed by atoms with van der Waals surface area (Å²) in [6, 6.07) is 11.9. The van der Waals surface area contributed by atoms with E-state index in [0.29, 0.717) is 17.9 Å². The summed E-state index contributed by atoms with van der Waals surface area (Å²) >= 11 is 0. The number of anilines is 1. The van der Waals surface area contributed by atoms with Crippen LogP contribution in [-0.4, -0.2) is 43.7 Å². The number of rotatable bonds is 2. The maximum atomic E-state index is 10.9. The van der Waals surface area contributed by atoms with E-state index in [-0.39, 0.29) is 0 Å². The van der Waals surface area contributed by atoms with Crippen molar-refractivity contribution in [1.29, 1.82) is 5.41 Å². The number of benzene rings is 2. The standard InChI is InChI=1S/C16H17N3O/c1-18-7-8-19(10-16(18)17)15-4-2-3-13-9-12(11-20)5-6-14(13)15/h2-6,9,11,17H,7-8,10H2,1H3. The SMILES string of the molecule is CN1CCN(c2cccc3cc(C=O)ccc23)CC1=N. The lowest BCUT2D eigenvalue weighted by Crippen LogP contribution is -2.48. The van der Waals surface area contributed by atoms with Gasteiger partial charge < -0.3 is 9.80 Å². The van der Waals surface area contributed by atoms with Crippen molar-refractivity contribution in [3.8, 4) is 0 Å². The lowest BCUT2D eigenvalue weighted by atomic mass is 10.0. The van der Waals surface area contributed by atoms with Crippen LogP contribution in [0.1, 0.15) is 10.4 Å². The highest BCUT2D eigenvalue weighted by Gasteiger charge is 2.19. The molecule has 1 fully saturated rings. The van der Waals surface area contributed by atoms with Gasteiger partial charge in [-0.1, -0.05) is 24.3 Å². The van der Waals surface area contributed by atoms with E-state index in [1.54, 1.807) is 0 Å². The van der Waals surface area contributed by atoms with Gasteiger partial charge in [0.05, 0.1) is 6.54 Å². The molecule has 0 amide bonds. The molecular weight excluding hydrogens is 250 g/mol. The number of amidine groups is 1. The second-order valence-corrected chi connectivity index (χ2v) is 5.17. The molecule has 0 bridgehead atoms. The third-order valence-corrected chi connectivity index (χ3v) is 3.86. The van der Waals surface area contributed by atoms with E-state index in [4.69, 9.17) is 5.41 Å². The molecule has 1 N–H and O–H groups in total. The van der Waals surface area contributed by atoms with E-state index in [1.165, 1.54) is 0 Å². The van der Waals surface area contributed by atoms with E-state index >= 15 is 0 Å². The molecule has 0 atom stereocenters. The Bertz CT molecular complexity index is 680. The topological polar surface area (TPSA) is 47.4 Å². The molecular formula is C16H17N3O. The Hall–Kier alpha value is -2.36. The molecule has 1 aliphatic heterocycles. The molecule has 20 heavy (non-hydrogen) atoms. The minimum Gasteiger partial charge on any atom is -0.362 e. The monoisotopic (exact) mass is 267 g/mol. The molecule has 2 aromatic rings. The van der Waals surface area contributed by atoms with Gasteiger partial charge in [-0.25, -0.2) is 0 Å². The first kappa shape index (κ1) is 12.7. The highest BCUT2D eigenvalue weighted by atomic mass is 16.1. The van der Waals surface area contributed by atoms with E-state index in [9.17, 15) is 4.79 Å². The van der Waals surface area contributed by atoms with Gasteiger partial charge in [-0.3, -0.25) is 10.2 Å². The van der Waals surface area contributed by atoms with E-state index in [2.05, 4.69) is 11.0 Å². The van der Waals surface area contributed by atoms with Crippen LogP contribution in [0.2, 0.25) is 0 Å². The van der Waals surface area contributed by atoms with Crippen LogP contribution >= 0.6 is 0 Å². The largest absolute Gasteiger partial charge is 0.362 e. The third kappa shape index (κ3) is 2.13. The maximum absolute atomic E-state index is 10.9. The Morgan fingerprint density at radius 1 is 1.20 bits per heavy atom. The van der Waals surface area contributed by atoms with Crippen molar-refractivity contribution in [3.63, 3.8) is 0 Å². The summed E-state index contributed by atoms with van der Waals surface area (Å²) in [5, 5.41) is 10.2. The van der Waals surface area contributed by atoms with Gasteiger partial charge in [0.25, 0.3) is 0 Å². The highest BCUT2D eigenvalue weighted by molar-refractivity contribution is 5.98. The van der Waals surface area contributed by atoms with Crippen LogP contribution in [0.5, 0.6) is 0 Å². The van der Waals surface area contributed by atoms with Crippen molar-refractivity contribution in [3.05, 3.63) is 42.0 Å². The number of piperazine rings is 1. The number of hydrogen-bond acceptors (Lipinski definition) is 3. The highest BCUT2D eigenvalue weighted by Crippen LogP contribution is 2.28. The fraction of sp³-hybridized carbons (Fsp3) is 0.250. The van der Waals surface area contributed by atoms with Crippen molar-refractivity contribution >= 4 is 28.6 Å². The first-order valence-corrected chi connectivity index (χ1v) is 6.70. The Morgan fingerprint density at radius 3 is 2.80 bits per heavy atom. The first-order valence-electron chi connectivity index (χ1n) is 6.70. The zero-order valence-electron chi connectivity index (χ0n) is 11.5. The van der Waals surface area contributed by atoms with Crippen molar-refractivity contribution < 1.29 is 4.79 Å². The average Bonchev–Trinajstić information content (AvgIpc) is 2.49. The molecule has 1 aliphatic rings. The van der Waals surface area contributed by atoms with Gasteiger partial charge >= 0.3 is 0 Å². The lowest BCUT2D eigenvalue weighted by molar-refractivity contribution is 0.112. The molecule has 1 saturated heterocycles. The second kappa shape index (κ2) is 4.96. The molecule has 1 heterocycles. The molecule has 0 aliphatic carbocycles. The average molecular weight is 267 g/mol. The molecule has 0 saturated carbocycles. The summed E-state index contributed by atoms with van der Waals surface area (Å²) in [5.41, 5.74) is 1.83. The fourth-order valence-electron chi connectivity index (χ4n) is 2.63. The summed E-state index contributed by atoms with van der Waals surface area (Å²) in [5.74, 6) is 0.637. The fourth-order valence-corrected chi connectivity index (χ4v) is 2.63. The van der Waals surface area contributed by atoms with Gasteiger partial charge in [-0.15, -0.1) is 0 Å². The van der Waals surface area contributed by atoms with Crippen molar-refractivity contribution in [1.82, 2.24) is 4.90 Å². The van der Waals surface area contributed by atoms with Crippen LogP contribution in [0.4, 0.5) is 5.69 Å².